The molecule has 1 aliphatic heterocycles. The van der Waals surface area contributed by atoms with Gasteiger partial charge in [0.05, 0.1) is 12.8 Å². The zero-order valence-electron chi connectivity index (χ0n) is 10.8. The van der Waals surface area contributed by atoms with Crippen LogP contribution in [0.2, 0.25) is 0 Å². The molecule has 2 heterocycles. The summed E-state index contributed by atoms with van der Waals surface area (Å²) in [6.07, 6.45) is 2.07. The highest BCUT2D eigenvalue weighted by Crippen LogP contribution is 2.35. The topological polar surface area (TPSA) is 68.7 Å². The van der Waals surface area contributed by atoms with Crippen molar-refractivity contribution < 1.29 is 13.9 Å². The largest absolute Gasteiger partial charge is 0.493 e. The number of nitrogen functional groups attached to an aromatic ring is 1. The molecule has 1 aliphatic rings. The number of nitrogens with zero attached hydrogens (tertiary/aromatic N) is 1. The van der Waals surface area contributed by atoms with Gasteiger partial charge in [-0.1, -0.05) is 6.07 Å². The molecular formula is C14H16N2O3. The van der Waals surface area contributed by atoms with E-state index in [0.717, 1.165) is 31.3 Å². The van der Waals surface area contributed by atoms with Gasteiger partial charge in [0.1, 0.15) is 0 Å². The summed E-state index contributed by atoms with van der Waals surface area (Å²) in [5, 5.41) is 0.724. The Morgan fingerprint density at radius 1 is 1.37 bits per heavy atom. The fourth-order valence-corrected chi connectivity index (χ4v) is 2.50. The lowest BCUT2D eigenvalue weighted by Crippen LogP contribution is -2.27. The van der Waals surface area contributed by atoms with Gasteiger partial charge in [0.15, 0.2) is 11.3 Å². The standard InChI is InChI=1S/C14H16N2O3/c1-18-10-6-4-5-9-11(15)13(19-12(9)10)14(17)16-7-2-3-8-16/h4-6H,2-3,7-8,15H2,1H3. The molecule has 0 saturated carbocycles. The average Bonchev–Trinajstić information content (AvgIpc) is 3.06. The van der Waals surface area contributed by atoms with E-state index in [9.17, 15) is 4.79 Å². The monoisotopic (exact) mass is 260 g/mol. The van der Waals surface area contributed by atoms with Crippen molar-refractivity contribution in [1.82, 2.24) is 4.90 Å². The van der Waals surface area contributed by atoms with E-state index < -0.39 is 0 Å². The molecule has 0 unspecified atom stereocenters. The third-order valence-electron chi connectivity index (χ3n) is 3.53. The Morgan fingerprint density at radius 2 is 2.11 bits per heavy atom. The molecular weight excluding hydrogens is 244 g/mol. The molecule has 1 aromatic heterocycles. The van der Waals surface area contributed by atoms with Crippen LogP contribution in [0.25, 0.3) is 11.0 Å². The number of methoxy groups -OCH3 is 1. The predicted molar refractivity (Wildman–Crippen MR) is 72.3 cm³/mol. The first kappa shape index (κ1) is 11.9. The maximum atomic E-state index is 12.3. The van der Waals surface area contributed by atoms with Crippen molar-refractivity contribution in [2.45, 2.75) is 12.8 Å². The van der Waals surface area contributed by atoms with Gasteiger partial charge in [0.2, 0.25) is 5.76 Å². The van der Waals surface area contributed by atoms with Crippen LogP contribution in [0.1, 0.15) is 23.4 Å². The van der Waals surface area contributed by atoms with Crippen LogP contribution in [0.5, 0.6) is 5.75 Å². The first-order valence-corrected chi connectivity index (χ1v) is 6.36. The van der Waals surface area contributed by atoms with Gasteiger partial charge in [0, 0.05) is 18.5 Å². The van der Waals surface area contributed by atoms with Gasteiger partial charge in [-0.25, -0.2) is 0 Å². The third kappa shape index (κ3) is 1.82. The number of hydrogen-bond donors (Lipinski definition) is 1. The normalized spacial score (nSPS) is 15.1. The maximum absolute atomic E-state index is 12.3. The van der Waals surface area contributed by atoms with Crippen LogP contribution in [0.3, 0.4) is 0 Å². The Balaban J connectivity index is 2.09. The maximum Gasteiger partial charge on any atom is 0.291 e. The molecule has 1 saturated heterocycles. The van der Waals surface area contributed by atoms with E-state index in [1.54, 1.807) is 18.1 Å². The fourth-order valence-electron chi connectivity index (χ4n) is 2.50. The molecule has 100 valence electrons. The molecule has 0 bridgehead atoms. The summed E-state index contributed by atoms with van der Waals surface area (Å²) in [6.45, 7) is 1.54. The molecule has 1 aromatic carbocycles. The Morgan fingerprint density at radius 3 is 2.79 bits per heavy atom. The number of benzene rings is 1. The summed E-state index contributed by atoms with van der Waals surface area (Å²) in [6, 6.07) is 5.45. The lowest BCUT2D eigenvalue weighted by molar-refractivity contribution is 0.0765. The molecule has 5 nitrogen and oxygen atoms in total. The first-order valence-electron chi connectivity index (χ1n) is 6.36. The molecule has 1 fully saturated rings. The zero-order valence-corrected chi connectivity index (χ0v) is 10.8. The number of fused-ring (bicyclic) bond motifs is 1. The lowest BCUT2D eigenvalue weighted by atomic mass is 10.2. The van der Waals surface area contributed by atoms with Gasteiger partial charge in [0.25, 0.3) is 5.91 Å². The van der Waals surface area contributed by atoms with Crippen molar-refractivity contribution in [3.63, 3.8) is 0 Å². The Labute approximate surface area is 110 Å². The summed E-state index contributed by atoms with van der Waals surface area (Å²) >= 11 is 0. The zero-order chi connectivity index (χ0) is 13.4. The minimum Gasteiger partial charge on any atom is -0.493 e. The summed E-state index contributed by atoms with van der Waals surface area (Å²) < 4.78 is 10.9. The lowest BCUT2D eigenvalue weighted by Gasteiger charge is -2.13. The fraction of sp³-hybridized carbons (Fsp3) is 0.357. The number of hydrogen-bond acceptors (Lipinski definition) is 4. The molecule has 0 spiro atoms. The second kappa shape index (κ2) is 4.50. The molecule has 0 aliphatic carbocycles. The van der Waals surface area contributed by atoms with Crippen molar-refractivity contribution >= 4 is 22.6 Å². The van der Waals surface area contributed by atoms with E-state index in [2.05, 4.69) is 0 Å². The second-order valence-corrected chi connectivity index (χ2v) is 4.68. The van der Waals surface area contributed by atoms with Gasteiger partial charge in [-0.3, -0.25) is 4.79 Å². The second-order valence-electron chi connectivity index (χ2n) is 4.68. The van der Waals surface area contributed by atoms with E-state index >= 15 is 0 Å². The minimum atomic E-state index is -0.131. The minimum absolute atomic E-state index is 0.131. The van der Waals surface area contributed by atoms with Gasteiger partial charge >= 0.3 is 0 Å². The Hall–Kier alpha value is -2.17. The first-order chi connectivity index (χ1) is 9.22. The van der Waals surface area contributed by atoms with Crippen LogP contribution >= 0.6 is 0 Å². The summed E-state index contributed by atoms with van der Waals surface area (Å²) in [5.41, 5.74) is 6.96. The van der Waals surface area contributed by atoms with Crippen LogP contribution in [-0.4, -0.2) is 31.0 Å². The van der Waals surface area contributed by atoms with Crippen molar-refractivity contribution in [2.24, 2.45) is 0 Å². The predicted octanol–water partition coefficient (Wildman–Crippen LogP) is 2.26. The summed E-state index contributed by atoms with van der Waals surface area (Å²) in [7, 11) is 1.56. The van der Waals surface area contributed by atoms with Crippen molar-refractivity contribution in [2.75, 3.05) is 25.9 Å². The molecule has 0 atom stereocenters. The number of nitrogens with two attached hydrogens (primary N) is 1. The number of para-hydroxylation sites is 1. The number of amides is 1. The van der Waals surface area contributed by atoms with Crippen molar-refractivity contribution in [3.05, 3.63) is 24.0 Å². The molecule has 2 aromatic rings. The quantitative estimate of drug-likeness (QED) is 0.899. The number of carbonyl (C=O) groups is 1. The highest BCUT2D eigenvalue weighted by molar-refractivity contribution is 6.06. The summed E-state index contributed by atoms with van der Waals surface area (Å²) in [4.78, 5) is 14.1. The SMILES string of the molecule is COc1cccc2c(N)c(C(=O)N3CCCC3)oc12. The Kier molecular flexibility index (Phi) is 2.81. The van der Waals surface area contributed by atoms with Crippen molar-refractivity contribution in [3.8, 4) is 5.75 Å². The van der Waals surface area contributed by atoms with Gasteiger partial charge in [-0.15, -0.1) is 0 Å². The van der Waals surface area contributed by atoms with Gasteiger partial charge < -0.3 is 19.8 Å². The van der Waals surface area contributed by atoms with E-state index in [0.29, 0.717) is 17.0 Å². The van der Waals surface area contributed by atoms with Crippen LogP contribution < -0.4 is 10.5 Å². The highest BCUT2D eigenvalue weighted by Gasteiger charge is 2.26. The number of likely N-dealkylation sites (tertiary alicyclic amines) is 1. The van der Waals surface area contributed by atoms with E-state index in [-0.39, 0.29) is 11.7 Å². The van der Waals surface area contributed by atoms with Crippen LogP contribution in [0, 0.1) is 0 Å². The van der Waals surface area contributed by atoms with Crippen LogP contribution in [0.15, 0.2) is 22.6 Å². The number of anilines is 1. The number of furan rings is 1. The molecule has 0 radical (unpaired) electrons. The number of rotatable bonds is 2. The molecule has 2 N–H and O–H groups in total. The van der Waals surface area contributed by atoms with Crippen LogP contribution in [0.4, 0.5) is 5.69 Å². The van der Waals surface area contributed by atoms with Gasteiger partial charge in [-0.2, -0.15) is 0 Å². The molecule has 19 heavy (non-hydrogen) atoms. The van der Waals surface area contributed by atoms with E-state index in [1.807, 2.05) is 12.1 Å². The third-order valence-corrected chi connectivity index (χ3v) is 3.53. The van der Waals surface area contributed by atoms with Crippen molar-refractivity contribution in [1.29, 1.82) is 0 Å². The average molecular weight is 260 g/mol. The van der Waals surface area contributed by atoms with Gasteiger partial charge in [-0.05, 0) is 25.0 Å². The smallest absolute Gasteiger partial charge is 0.291 e. The van der Waals surface area contributed by atoms with Crippen LogP contribution in [-0.2, 0) is 0 Å². The van der Waals surface area contributed by atoms with E-state index in [4.69, 9.17) is 14.9 Å². The Bertz CT molecular complexity index is 627. The molecule has 3 rings (SSSR count). The summed E-state index contributed by atoms with van der Waals surface area (Å²) in [5.74, 6) is 0.680. The molecule has 5 heteroatoms. The molecule has 1 amide bonds. The number of ether oxygens (including phenoxy) is 1. The van der Waals surface area contributed by atoms with E-state index in [1.165, 1.54) is 0 Å². The number of carbonyl (C=O) groups excluding carboxylic acids is 1. The highest BCUT2D eigenvalue weighted by atomic mass is 16.5.